The highest BCUT2D eigenvalue weighted by Gasteiger charge is 2.49. The molecule has 20 nitrogen and oxygen atoms in total. The maximum absolute atomic E-state index is 14.9. The molecule has 0 aliphatic carbocycles. The van der Waals surface area contributed by atoms with Gasteiger partial charge in [-0.05, 0) is 111 Å². The number of hydrogen-bond donors (Lipinski definition) is 0. The molecule has 0 saturated heterocycles. The largest absolute Gasteiger partial charge is 0.501 e. The van der Waals surface area contributed by atoms with Crippen molar-refractivity contribution in [3.05, 3.63) is 34.8 Å². The fourth-order valence-electron chi connectivity index (χ4n) is 7.93. The van der Waals surface area contributed by atoms with Crippen molar-refractivity contribution in [3.63, 3.8) is 0 Å². The zero-order chi connectivity index (χ0) is 56.2. The molecule has 0 amide bonds. The molecule has 0 bridgehead atoms. The lowest BCUT2D eigenvalue weighted by molar-refractivity contribution is -0.353. The Kier molecular flexibility index (Phi) is 29.5. The molecular weight excluding hydrogens is 981 g/mol. The van der Waals surface area contributed by atoms with Gasteiger partial charge in [-0.25, -0.2) is 9.59 Å². The third-order valence-electron chi connectivity index (χ3n) is 10.3. The summed E-state index contributed by atoms with van der Waals surface area (Å²) in [5.74, 6) is -6.00. The van der Waals surface area contributed by atoms with Crippen LogP contribution in [-0.2, 0) is 52.9 Å². The van der Waals surface area contributed by atoms with Crippen LogP contribution in [0.2, 0.25) is 0 Å². The monoisotopic (exact) mass is 1070 g/mol. The van der Waals surface area contributed by atoms with E-state index in [-0.39, 0.29) is 174 Å². The molecule has 0 aliphatic heterocycles. The predicted molar refractivity (Wildman–Crippen MR) is 280 cm³/mol. The Labute approximate surface area is 445 Å². The zero-order valence-electron chi connectivity index (χ0n) is 48.1. The van der Waals surface area contributed by atoms with Gasteiger partial charge in [-0.3, -0.25) is 0 Å². The fourth-order valence-corrected chi connectivity index (χ4v) is 7.93. The van der Waals surface area contributed by atoms with Gasteiger partial charge in [-0.2, -0.15) is 0 Å². The van der Waals surface area contributed by atoms with E-state index in [1.807, 2.05) is 13.8 Å². The van der Waals surface area contributed by atoms with Crippen molar-refractivity contribution >= 4 is 11.9 Å². The van der Waals surface area contributed by atoms with Crippen molar-refractivity contribution in [2.45, 2.75) is 142 Å². The molecule has 2 aromatic rings. The van der Waals surface area contributed by atoms with E-state index in [0.29, 0.717) is 11.1 Å². The summed E-state index contributed by atoms with van der Waals surface area (Å²) in [6.45, 7) is 33.5. The number of carbonyl (C=O) groups excluding carboxylic acids is 2. The molecule has 0 radical (unpaired) electrons. The summed E-state index contributed by atoms with van der Waals surface area (Å²) < 4.78 is 113. The Morgan fingerprint density at radius 1 is 0.307 bits per heavy atom. The molecule has 0 N–H and O–H groups in total. The SMILES string of the molecule is CCOC=C(C(=O)Oc1c(OCC)c(OCC)c(C(C)(C)c2c(OCC)c(OCC)c(OC(=O)C(=COCC)C(OCC)(OCC)OCC)c(OCC)c2OCC)c(OCC)c1OCC)C(OCC)(OCC)OCC. The van der Waals surface area contributed by atoms with E-state index < -0.39 is 29.3 Å². The van der Waals surface area contributed by atoms with Crippen molar-refractivity contribution in [2.75, 3.05) is 106 Å². The molecule has 75 heavy (non-hydrogen) atoms. The van der Waals surface area contributed by atoms with Crippen LogP contribution in [0.15, 0.2) is 23.7 Å². The first kappa shape index (κ1) is 65.7. The molecule has 0 fully saturated rings. The average molecular weight is 1070 g/mol. The quantitative estimate of drug-likeness (QED) is 0.0200. The Hall–Kier alpha value is -5.38. The zero-order valence-corrected chi connectivity index (χ0v) is 48.1. The Morgan fingerprint density at radius 3 is 0.707 bits per heavy atom. The average Bonchev–Trinajstić information content (AvgIpc) is 3.36. The Morgan fingerprint density at radius 2 is 0.520 bits per heavy atom. The second-order valence-corrected chi connectivity index (χ2v) is 15.6. The minimum Gasteiger partial charge on any atom is -0.501 e. The van der Waals surface area contributed by atoms with Crippen LogP contribution in [0.4, 0.5) is 0 Å². The van der Waals surface area contributed by atoms with Crippen molar-refractivity contribution in [2.24, 2.45) is 0 Å². The van der Waals surface area contributed by atoms with Gasteiger partial charge in [0.15, 0.2) is 34.1 Å². The lowest BCUT2D eigenvalue weighted by atomic mass is 9.75. The standard InChI is InChI=1S/C55H88O20/c1-19-58-35-37(54(68-29-11,69-30-12)70-31-13)51(56)74-49-45(64-25-7)41(60-21-3)39(42(61-22-4)46(49)65-26-8)53(17,18)40-43(62-23-5)47(66-27-9)50(48(67-28-10)44(40)63-24-6)75-52(57)38(36-59-20-2)55(71-32-14,72-33-15)73-34-16/h35-36H,19-34H2,1-18H3. The number of rotatable bonds is 40. The van der Waals surface area contributed by atoms with Crippen LogP contribution in [-0.4, -0.2) is 130 Å². The maximum atomic E-state index is 14.9. The van der Waals surface area contributed by atoms with Crippen LogP contribution in [0.25, 0.3) is 0 Å². The molecule has 0 aromatic heterocycles. The lowest BCUT2D eigenvalue weighted by Gasteiger charge is -2.36. The van der Waals surface area contributed by atoms with Gasteiger partial charge >= 0.3 is 23.9 Å². The molecule has 2 aromatic carbocycles. The molecule has 0 spiro atoms. The van der Waals surface area contributed by atoms with E-state index in [2.05, 4.69) is 0 Å². The summed E-state index contributed by atoms with van der Waals surface area (Å²) >= 11 is 0. The number of esters is 2. The number of ether oxygens (including phenoxy) is 18. The summed E-state index contributed by atoms with van der Waals surface area (Å²) in [4.78, 5) is 29.8. The summed E-state index contributed by atoms with van der Waals surface area (Å²) in [7, 11) is 0. The van der Waals surface area contributed by atoms with Gasteiger partial charge < -0.3 is 85.3 Å². The first-order valence-electron chi connectivity index (χ1n) is 26.6. The second kappa shape index (κ2) is 33.6. The van der Waals surface area contributed by atoms with Gasteiger partial charge in [0.1, 0.15) is 12.5 Å². The topological polar surface area (TPSA) is 200 Å². The van der Waals surface area contributed by atoms with Crippen molar-refractivity contribution in [1.29, 1.82) is 0 Å². The number of benzene rings is 2. The minimum atomic E-state index is -2.03. The van der Waals surface area contributed by atoms with Gasteiger partial charge in [0.2, 0.25) is 34.5 Å². The normalized spacial score (nSPS) is 12.2. The summed E-state index contributed by atoms with van der Waals surface area (Å²) in [6.07, 6.45) is 2.38. The van der Waals surface area contributed by atoms with Crippen LogP contribution in [0.3, 0.4) is 0 Å². The molecule has 0 saturated carbocycles. The van der Waals surface area contributed by atoms with E-state index in [4.69, 9.17) is 85.3 Å². The summed E-state index contributed by atoms with van der Waals surface area (Å²) in [6, 6.07) is 0. The van der Waals surface area contributed by atoms with Crippen LogP contribution < -0.4 is 47.4 Å². The molecule has 0 aliphatic rings. The van der Waals surface area contributed by atoms with Gasteiger partial charge in [0.25, 0.3) is 0 Å². The van der Waals surface area contributed by atoms with Crippen molar-refractivity contribution < 1.29 is 94.9 Å². The number of hydrogen-bond acceptors (Lipinski definition) is 20. The molecule has 0 heterocycles. The third-order valence-corrected chi connectivity index (χ3v) is 10.3. The van der Waals surface area contributed by atoms with Crippen LogP contribution in [0.5, 0.6) is 57.5 Å². The highest BCUT2D eigenvalue weighted by atomic mass is 16.9. The molecule has 428 valence electrons. The highest BCUT2D eigenvalue weighted by Crippen LogP contribution is 2.64. The van der Waals surface area contributed by atoms with E-state index in [0.717, 1.165) is 0 Å². The Balaban J connectivity index is 3.52. The third kappa shape index (κ3) is 15.8. The minimum absolute atomic E-state index is 0.0141. The van der Waals surface area contributed by atoms with Gasteiger partial charge in [0, 0.05) is 45.1 Å². The molecular formula is C55H88O20. The van der Waals surface area contributed by atoms with Crippen LogP contribution in [0.1, 0.15) is 136 Å². The smallest absolute Gasteiger partial charge is 0.351 e. The molecule has 2 rings (SSSR count). The fraction of sp³-hybridized carbons (Fsp3) is 0.673. The first-order chi connectivity index (χ1) is 36.1. The molecule has 20 heteroatoms. The van der Waals surface area contributed by atoms with E-state index in [1.165, 1.54) is 12.5 Å². The van der Waals surface area contributed by atoms with Crippen molar-refractivity contribution in [3.8, 4) is 57.5 Å². The first-order valence-corrected chi connectivity index (χ1v) is 26.6. The summed E-state index contributed by atoms with van der Waals surface area (Å²) in [5, 5.41) is 0. The predicted octanol–water partition coefficient (Wildman–Crippen LogP) is 10.4. The highest BCUT2D eigenvalue weighted by molar-refractivity contribution is 5.94. The van der Waals surface area contributed by atoms with Gasteiger partial charge in [0.05, 0.1) is 77.2 Å². The van der Waals surface area contributed by atoms with E-state index >= 15 is 0 Å². The number of carbonyl (C=O) groups is 2. The molecule has 0 unspecified atom stereocenters. The van der Waals surface area contributed by atoms with Gasteiger partial charge in [-0.15, -0.1) is 0 Å². The maximum Gasteiger partial charge on any atom is 0.351 e. The molecule has 0 atom stereocenters. The lowest BCUT2D eigenvalue weighted by Crippen LogP contribution is -2.45. The van der Waals surface area contributed by atoms with Crippen LogP contribution >= 0.6 is 0 Å². The summed E-state index contributed by atoms with van der Waals surface area (Å²) in [5.41, 5.74) is -1.16. The van der Waals surface area contributed by atoms with Crippen LogP contribution in [0, 0.1) is 0 Å². The second-order valence-electron chi connectivity index (χ2n) is 15.6. The van der Waals surface area contributed by atoms with E-state index in [9.17, 15) is 9.59 Å². The Bertz CT molecular complexity index is 1860. The van der Waals surface area contributed by atoms with E-state index in [1.54, 1.807) is 111 Å². The van der Waals surface area contributed by atoms with Gasteiger partial charge in [-0.1, -0.05) is 13.8 Å². The van der Waals surface area contributed by atoms with Crippen molar-refractivity contribution in [1.82, 2.24) is 0 Å².